The number of hydrogen-bond donors (Lipinski definition) is 1. The lowest BCUT2D eigenvalue weighted by Crippen LogP contribution is -2.14. The fraction of sp³-hybridized carbons (Fsp3) is 0.120. The molecule has 3 aromatic rings. The van der Waals surface area contributed by atoms with Crippen molar-refractivity contribution in [3.05, 3.63) is 89.0 Å². The van der Waals surface area contributed by atoms with E-state index in [0.717, 1.165) is 18.3 Å². The van der Waals surface area contributed by atoms with Crippen LogP contribution in [0.3, 0.4) is 0 Å². The van der Waals surface area contributed by atoms with Gasteiger partial charge in [0, 0.05) is 14.3 Å². The van der Waals surface area contributed by atoms with Gasteiger partial charge in [-0.3, -0.25) is 4.79 Å². The predicted molar refractivity (Wildman–Crippen MR) is 148 cm³/mol. The molecule has 3 aromatic carbocycles. The van der Waals surface area contributed by atoms with Crippen LogP contribution in [0.5, 0.6) is 11.5 Å². The Balaban J connectivity index is 1.83. The Hall–Kier alpha value is -2.29. The van der Waals surface area contributed by atoms with E-state index in [1.807, 2.05) is 43.3 Å². The molecule has 0 saturated heterocycles. The molecule has 0 aliphatic rings. The molecular formula is C25H19ClI2N2O3. The summed E-state index contributed by atoms with van der Waals surface area (Å²) in [6, 6.07) is 18.8. The number of nitrogens with zero attached hydrogens (tertiary/aromatic N) is 1. The summed E-state index contributed by atoms with van der Waals surface area (Å²) < 4.78 is 13.5. The van der Waals surface area contributed by atoms with Gasteiger partial charge in [0.25, 0.3) is 5.91 Å². The Kier molecular flexibility index (Phi) is 9.00. The maximum atomic E-state index is 12.7. The molecule has 3 rings (SSSR count). The number of methoxy groups -OCH3 is 1. The van der Waals surface area contributed by atoms with Crippen LogP contribution in [-0.4, -0.2) is 13.0 Å². The number of ether oxygens (including phenoxy) is 2. The Morgan fingerprint density at radius 3 is 2.55 bits per heavy atom. The molecule has 168 valence electrons. The third kappa shape index (κ3) is 6.85. The first-order chi connectivity index (χ1) is 15.8. The molecule has 0 aliphatic carbocycles. The van der Waals surface area contributed by atoms with Gasteiger partial charge in [0.05, 0.1) is 10.7 Å². The van der Waals surface area contributed by atoms with Crippen molar-refractivity contribution in [1.82, 2.24) is 0 Å². The summed E-state index contributed by atoms with van der Waals surface area (Å²) in [6.45, 7) is 2.24. The second-order valence-electron chi connectivity index (χ2n) is 7.03. The van der Waals surface area contributed by atoms with Crippen LogP contribution in [0, 0.1) is 25.4 Å². The zero-order valence-corrected chi connectivity index (χ0v) is 22.9. The molecule has 0 unspecified atom stereocenters. The summed E-state index contributed by atoms with van der Waals surface area (Å²) in [5.74, 6) is 0.601. The molecule has 0 aliphatic heterocycles. The van der Waals surface area contributed by atoms with Crippen molar-refractivity contribution < 1.29 is 14.3 Å². The lowest BCUT2D eigenvalue weighted by Gasteiger charge is -2.14. The zero-order valence-electron chi connectivity index (χ0n) is 17.8. The van der Waals surface area contributed by atoms with Crippen LogP contribution in [0.25, 0.3) is 6.08 Å². The smallest absolute Gasteiger partial charge is 0.266 e. The van der Waals surface area contributed by atoms with Gasteiger partial charge in [-0.15, -0.1) is 0 Å². The normalized spacial score (nSPS) is 11.0. The number of carbonyl (C=O) groups excluding carboxylic acids is 1. The van der Waals surface area contributed by atoms with Crippen LogP contribution in [-0.2, 0) is 11.4 Å². The highest BCUT2D eigenvalue weighted by atomic mass is 127. The minimum atomic E-state index is -0.518. The van der Waals surface area contributed by atoms with Crippen molar-refractivity contribution in [1.29, 1.82) is 5.26 Å². The molecule has 5 nitrogen and oxygen atoms in total. The Labute approximate surface area is 225 Å². The maximum Gasteiger partial charge on any atom is 0.266 e. The average molecular weight is 685 g/mol. The van der Waals surface area contributed by atoms with Crippen molar-refractivity contribution in [2.45, 2.75) is 13.5 Å². The van der Waals surface area contributed by atoms with Gasteiger partial charge in [-0.25, -0.2) is 0 Å². The summed E-state index contributed by atoms with van der Waals surface area (Å²) in [4.78, 5) is 12.7. The summed E-state index contributed by atoms with van der Waals surface area (Å²) in [7, 11) is 1.55. The molecule has 0 saturated carbocycles. The molecule has 0 radical (unpaired) electrons. The van der Waals surface area contributed by atoms with Crippen LogP contribution in [0.15, 0.2) is 60.2 Å². The van der Waals surface area contributed by atoms with E-state index in [0.29, 0.717) is 34.4 Å². The number of hydrogen-bond acceptors (Lipinski definition) is 4. The average Bonchev–Trinajstić information content (AvgIpc) is 2.79. The molecule has 8 heteroatoms. The number of anilines is 1. The number of halogens is 3. The summed E-state index contributed by atoms with van der Waals surface area (Å²) >= 11 is 10.4. The minimum absolute atomic E-state index is 0.0419. The third-order valence-corrected chi connectivity index (χ3v) is 6.43. The van der Waals surface area contributed by atoms with Crippen molar-refractivity contribution in [3.8, 4) is 17.6 Å². The number of rotatable bonds is 7. The van der Waals surface area contributed by atoms with Crippen molar-refractivity contribution in [2.24, 2.45) is 0 Å². The van der Waals surface area contributed by atoms with Crippen LogP contribution in [0.4, 0.5) is 5.69 Å². The third-order valence-electron chi connectivity index (χ3n) is 4.67. The molecule has 0 heterocycles. The number of nitrogens with one attached hydrogen (secondary N) is 1. The van der Waals surface area contributed by atoms with E-state index in [2.05, 4.69) is 50.5 Å². The van der Waals surface area contributed by atoms with E-state index in [-0.39, 0.29) is 5.57 Å². The minimum Gasteiger partial charge on any atom is -0.493 e. The van der Waals surface area contributed by atoms with E-state index in [9.17, 15) is 10.1 Å². The molecule has 0 fully saturated rings. The van der Waals surface area contributed by atoms with Crippen LogP contribution in [0.1, 0.15) is 16.7 Å². The molecule has 0 aromatic heterocycles. The number of aryl methyl sites for hydroxylation is 1. The predicted octanol–water partition coefficient (Wildman–Crippen LogP) is 6.99. The fourth-order valence-electron chi connectivity index (χ4n) is 2.93. The van der Waals surface area contributed by atoms with Gasteiger partial charge in [-0.1, -0.05) is 29.8 Å². The summed E-state index contributed by atoms with van der Waals surface area (Å²) in [5, 5.41) is 12.8. The van der Waals surface area contributed by atoms with E-state index >= 15 is 0 Å². The van der Waals surface area contributed by atoms with Gasteiger partial charge in [0.1, 0.15) is 18.2 Å². The molecule has 0 bridgehead atoms. The number of benzene rings is 3. The summed E-state index contributed by atoms with van der Waals surface area (Å²) in [5.41, 5.74) is 3.04. The van der Waals surface area contributed by atoms with Gasteiger partial charge in [0.15, 0.2) is 11.5 Å². The van der Waals surface area contributed by atoms with Crippen LogP contribution in [0.2, 0.25) is 5.02 Å². The largest absolute Gasteiger partial charge is 0.493 e. The first-order valence-corrected chi connectivity index (χ1v) is 12.3. The van der Waals surface area contributed by atoms with Gasteiger partial charge in [-0.2, -0.15) is 5.26 Å². The lowest BCUT2D eigenvalue weighted by molar-refractivity contribution is -0.112. The van der Waals surface area contributed by atoms with E-state index in [1.54, 1.807) is 31.4 Å². The molecular weight excluding hydrogens is 666 g/mol. The lowest BCUT2D eigenvalue weighted by atomic mass is 10.1. The quantitative estimate of drug-likeness (QED) is 0.166. The van der Waals surface area contributed by atoms with E-state index < -0.39 is 5.91 Å². The number of carbonyl (C=O) groups is 1. The molecule has 1 amide bonds. The van der Waals surface area contributed by atoms with E-state index in [1.165, 1.54) is 6.08 Å². The highest BCUT2D eigenvalue weighted by Gasteiger charge is 2.15. The molecule has 1 N–H and O–H groups in total. The second-order valence-corrected chi connectivity index (χ2v) is 9.88. The van der Waals surface area contributed by atoms with Gasteiger partial charge < -0.3 is 14.8 Å². The van der Waals surface area contributed by atoms with Gasteiger partial charge >= 0.3 is 0 Å². The van der Waals surface area contributed by atoms with Crippen molar-refractivity contribution >= 4 is 74.5 Å². The molecule has 0 atom stereocenters. The first-order valence-electron chi connectivity index (χ1n) is 9.74. The Morgan fingerprint density at radius 2 is 1.88 bits per heavy atom. The molecule has 33 heavy (non-hydrogen) atoms. The van der Waals surface area contributed by atoms with Crippen LogP contribution < -0.4 is 14.8 Å². The standard InChI is InChI=1S/C25H19ClI2N2O3/c1-15-3-6-19(26)12-22(15)30-25(31)18(13-29)9-17-10-21(28)24(23(11-17)32-2)33-14-16-4-7-20(27)8-5-16/h3-12H,14H2,1-2H3,(H,30,31)/b18-9+. The Bertz CT molecular complexity index is 1250. The number of nitriles is 1. The zero-order chi connectivity index (χ0) is 24.0. The van der Waals surface area contributed by atoms with Crippen molar-refractivity contribution in [2.75, 3.05) is 12.4 Å². The first kappa shape index (κ1) is 25.3. The van der Waals surface area contributed by atoms with Gasteiger partial charge in [0.2, 0.25) is 0 Å². The molecule has 0 spiro atoms. The summed E-state index contributed by atoms with van der Waals surface area (Å²) in [6.07, 6.45) is 1.52. The monoisotopic (exact) mass is 684 g/mol. The Morgan fingerprint density at radius 1 is 1.15 bits per heavy atom. The highest BCUT2D eigenvalue weighted by Crippen LogP contribution is 2.35. The topological polar surface area (TPSA) is 71.3 Å². The van der Waals surface area contributed by atoms with Crippen LogP contribution >= 0.6 is 56.8 Å². The van der Waals surface area contributed by atoms with E-state index in [4.69, 9.17) is 21.1 Å². The van der Waals surface area contributed by atoms with Gasteiger partial charge in [-0.05, 0) is 111 Å². The SMILES string of the molecule is COc1cc(/C=C(\C#N)C(=O)Nc2cc(Cl)ccc2C)cc(I)c1OCc1ccc(I)cc1. The second kappa shape index (κ2) is 11.7. The highest BCUT2D eigenvalue weighted by molar-refractivity contribution is 14.1. The maximum absolute atomic E-state index is 12.7. The van der Waals surface area contributed by atoms with Crippen molar-refractivity contribution in [3.63, 3.8) is 0 Å². The number of amides is 1. The fourth-order valence-corrected chi connectivity index (χ4v) is 4.25.